The summed E-state index contributed by atoms with van der Waals surface area (Å²) in [7, 11) is 1.66. The zero-order chi connectivity index (χ0) is 19.3. The summed E-state index contributed by atoms with van der Waals surface area (Å²) in [5.41, 5.74) is 3.10. The van der Waals surface area contributed by atoms with Gasteiger partial charge in [0.2, 0.25) is 0 Å². The van der Waals surface area contributed by atoms with Gasteiger partial charge in [-0.1, -0.05) is 41.5 Å². The minimum absolute atomic E-state index is 0.226. The molecule has 0 amide bonds. The predicted octanol–water partition coefficient (Wildman–Crippen LogP) is 4.56. The van der Waals surface area contributed by atoms with E-state index in [1.165, 1.54) is 23.5 Å². The number of nitrogens with zero attached hydrogens (tertiary/aromatic N) is 3. The second kappa shape index (κ2) is 8.24. The third kappa shape index (κ3) is 4.38. The van der Waals surface area contributed by atoms with Crippen molar-refractivity contribution >= 4 is 22.7 Å². The summed E-state index contributed by atoms with van der Waals surface area (Å²) in [6.07, 6.45) is 2.48. The van der Waals surface area contributed by atoms with Crippen molar-refractivity contribution in [3.63, 3.8) is 0 Å². The molecule has 0 atom stereocenters. The van der Waals surface area contributed by atoms with E-state index in [1.54, 1.807) is 19.2 Å². The molecule has 0 bridgehead atoms. The number of aliphatic imine (C=N–C) groups is 1. The van der Waals surface area contributed by atoms with Crippen LogP contribution in [0.4, 0.5) is 9.39 Å². The van der Waals surface area contributed by atoms with Crippen molar-refractivity contribution in [2.75, 3.05) is 7.11 Å². The average Bonchev–Trinajstić information content (AvgIpc) is 3.12. The van der Waals surface area contributed by atoms with Gasteiger partial charge in [-0.3, -0.25) is 0 Å². The zero-order valence-corrected chi connectivity index (χ0v) is 16.2. The highest BCUT2D eigenvalue weighted by Crippen LogP contribution is 2.31. The van der Waals surface area contributed by atoms with Crippen LogP contribution >= 0.6 is 11.3 Å². The lowest BCUT2D eigenvalue weighted by molar-refractivity contribution is 0.409. The fraction of sp³-hybridized carbons (Fsp3) is 0.182. The molecule has 28 heavy (non-hydrogen) atoms. The van der Waals surface area contributed by atoms with E-state index in [4.69, 9.17) is 4.74 Å². The molecule has 0 N–H and O–H groups in total. The molecule has 4 nitrogen and oxygen atoms in total. The van der Waals surface area contributed by atoms with E-state index >= 15 is 0 Å². The summed E-state index contributed by atoms with van der Waals surface area (Å²) in [6, 6.07) is 14.4. The van der Waals surface area contributed by atoms with Crippen molar-refractivity contribution in [3.8, 4) is 17.6 Å². The minimum Gasteiger partial charge on any atom is -0.497 e. The van der Waals surface area contributed by atoms with Gasteiger partial charge in [0.1, 0.15) is 16.6 Å². The Morgan fingerprint density at radius 3 is 2.61 bits per heavy atom. The molecule has 1 aromatic heterocycles. The fourth-order valence-electron chi connectivity index (χ4n) is 2.85. The first-order chi connectivity index (χ1) is 13.7. The number of fused-ring (bicyclic) bond motifs is 1. The molecule has 140 valence electrons. The number of aromatic nitrogens is 1. The van der Waals surface area contributed by atoms with Crippen molar-refractivity contribution < 1.29 is 9.13 Å². The van der Waals surface area contributed by atoms with Crippen LogP contribution in [-0.2, 0) is 19.5 Å². The van der Waals surface area contributed by atoms with Gasteiger partial charge in [-0.25, -0.2) is 14.4 Å². The Kier molecular flexibility index (Phi) is 5.36. The normalized spacial score (nSPS) is 12.3. The van der Waals surface area contributed by atoms with Gasteiger partial charge in [-0.05, 0) is 41.3 Å². The van der Waals surface area contributed by atoms with Crippen LogP contribution in [0.25, 0.3) is 0 Å². The van der Waals surface area contributed by atoms with E-state index in [0.29, 0.717) is 19.5 Å². The Bertz CT molecular complexity index is 1050. The molecule has 0 radical (unpaired) electrons. The Morgan fingerprint density at radius 2 is 1.86 bits per heavy atom. The number of methoxy groups -OCH3 is 1. The fourth-order valence-corrected chi connectivity index (χ4v) is 3.64. The lowest BCUT2D eigenvalue weighted by Crippen LogP contribution is -2.23. The highest BCUT2D eigenvalue weighted by Gasteiger charge is 2.17. The Balaban J connectivity index is 1.39. The van der Waals surface area contributed by atoms with E-state index in [1.807, 2.05) is 30.6 Å². The second-order valence-electron chi connectivity index (χ2n) is 6.37. The van der Waals surface area contributed by atoms with E-state index < -0.39 is 0 Å². The summed E-state index contributed by atoms with van der Waals surface area (Å²) in [6.45, 7) is 1.34. The first-order valence-electron chi connectivity index (χ1n) is 8.84. The van der Waals surface area contributed by atoms with E-state index in [0.717, 1.165) is 32.6 Å². The molecule has 4 rings (SSSR count). The number of thiazole rings is 1. The Morgan fingerprint density at radius 1 is 1.11 bits per heavy atom. The maximum Gasteiger partial charge on any atom is 0.169 e. The smallest absolute Gasteiger partial charge is 0.169 e. The minimum atomic E-state index is -0.226. The van der Waals surface area contributed by atoms with Gasteiger partial charge in [0.15, 0.2) is 5.01 Å². The van der Waals surface area contributed by atoms with Crippen LogP contribution in [0, 0.1) is 17.7 Å². The second-order valence-corrected chi connectivity index (χ2v) is 7.35. The zero-order valence-electron chi connectivity index (χ0n) is 15.4. The van der Waals surface area contributed by atoms with Crippen LogP contribution in [0.1, 0.15) is 21.8 Å². The number of hydrogen-bond acceptors (Lipinski definition) is 5. The van der Waals surface area contributed by atoms with Gasteiger partial charge >= 0.3 is 0 Å². The van der Waals surface area contributed by atoms with E-state index in [9.17, 15) is 4.39 Å². The van der Waals surface area contributed by atoms with E-state index in [-0.39, 0.29) is 5.82 Å². The molecular weight excluding hydrogens is 373 g/mol. The highest BCUT2D eigenvalue weighted by molar-refractivity contribution is 7.16. The van der Waals surface area contributed by atoms with Crippen molar-refractivity contribution in [2.24, 2.45) is 4.99 Å². The van der Waals surface area contributed by atoms with Gasteiger partial charge < -0.3 is 9.64 Å². The quantitative estimate of drug-likeness (QED) is 0.612. The van der Waals surface area contributed by atoms with Crippen LogP contribution < -0.4 is 4.74 Å². The summed E-state index contributed by atoms with van der Waals surface area (Å²) >= 11 is 1.51. The van der Waals surface area contributed by atoms with Crippen molar-refractivity contribution in [1.82, 2.24) is 9.88 Å². The van der Waals surface area contributed by atoms with Crippen LogP contribution in [-0.4, -0.2) is 23.3 Å². The molecule has 0 saturated carbocycles. The molecule has 0 saturated heterocycles. The average molecular weight is 391 g/mol. The molecule has 0 spiro atoms. The van der Waals surface area contributed by atoms with Crippen LogP contribution in [0.15, 0.2) is 53.5 Å². The maximum atomic E-state index is 13.0. The topological polar surface area (TPSA) is 37.7 Å². The lowest BCUT2D eigenvalue weighted by Gasteiger charge is -2.21. The molecule has 1 aliphatic rings. The number of rotatable bonds is 4. The number of hydrogen-bond donors (Lipinski definition) is 0. The van der Waals surface area contributed by atoms with Gasteiger partial charge in [-0.15, -0.1) is 0 Å². The van der Waals surface area contributed by atoms with Crippen LogP contribution in [0.5, 0.6) is 5.75 Å². The lowest BCUT2D eigenvalue weighted by atomic mass is 10.1. The molecule has 0 unspecified atom stereocenters. The number of benzene rings is 2. The van der Waals surface area contributed by atoms with Crippen molar-refractivity contribution in [1.29, 1.82) is 0 Å². The predicted molar refractivity (Wildman–Crippen MR) is 109 cm³/mol. The molecule has 6 heteroatoms. The standard InChI is InChI=1S/C22H18FN3OS/c1-27-19-11-7-16(8-12-19)3-2-4-21-25-20-14-26(15-24-22(20)28-21)13-17-5-9-18(23)10-6-17/h5-12,15H,3,13-14H2,1H3. The monoisotopic (exact) mass is 391 g/mol. The molecular formula is C22H18FN3OS. The van der Waals surface area contributed by atoms with Gasteiger partial charge in [-0.2, -0.15) is 0 Å². The highest BCUT2D eigenvalue weighted by atomic mass is 32.1. The molecule has 2 aromatic carbocycles. The first kappa shape index (κ1) is 18.2. The van der Waals surface area contributed by atoms with Gasteiger partial charge in [0, 0.05) is 13.0 Å². The molecule has 1 aliphatic heterocycles. The summed E-state index contributed by atoms with van der Waals surface area (Å²) in [5, 5.41) is 1.68. The van der Waals surface area contributed by atoms with Crippen molar-refractivity contribution in [3.05, 3.63) is 76.2 Å². The first-order valence-corrected chi connectivity index (χ1v) is 9.65. The molecule has 0 aliphatic carbocycles. The summed E-state index contributed by atoms with van der Waals surface area (Å²) in [5.74, 6) is 6.93. The summed E-state index contributed by atoms with van der Waals surface area (Å²) in [4.78, 5) is 11.2. The number of halogens is 1. The molecule has 2 heterocycles. The van der Waals surface area contributed by atoms with Crippen molar-refractivity contribution in [2.45, 2.75) is 19.5 Å². The molecule has 0 fully saturated rings. The SMILES string of the molecule is COc1ccc(CC#Cc2nc3c(s2)N=CN(Cc2ccc(F)cc2)C3)cc1. The third-order valence-electron chi connectivity index (χ3n) is 4.31. The summed E-state index contributed by atoms with van der Waals surface area (Å²) < 4.78 is 18.2. The van der Waals surface area contributed by atoms with E-state index in [2.05, 4.69) is 26.7 Å². The Labute approximate surface area is 167 Å². The van der Waals surface area contributed by atoms with Gasteiger partial charge in [0.25, 0.3) is 0 Å². The maximum absolute atomic E-state index is 13.0. The third-order valence-corrected chi connectivity index (χ3v) is 5.23. The molecule has 3 aromatic rings. The van der Waals surface area contributed by atoms with Gasteiger partial charge in [0.05, 0.1) is 25.7 Å². The van der Waals surface area contributed by atoms with Crippen LogP contribution in [0.3, 0.4) is 0 Å². The van der Waals surface area contributed by atoms with Crippen LogP contribution in [0.2, 0.25) is 0 Å². The Hall–Kier alpha value is -3.17. The number of ether oxygens (including phenoxy) is 1. The largest absolute Gasteiger partial charge is 0.497 e.